The van der Waals surface area contributed by atoms with Crippen molar-refractivity contribution in [1.82, 2.24) is 20.3 Å². The zero-order valence-corrected chi connectivity index (χ0v) is 17.1. The Balaban J connectivity index is 1.42. The maximum atomic E-state index is 12.9. The van der Waals surface area contributed by atoms with Gasteiger partial charge in [-0.3, -0.25) is 9.59 Å². The molecule has 2 aromatic carbocycles. The number of hydrogen-bond acceptors (Lipinski definition) is 5. The fourth-order valence-electron chi connectivity index (χ4n) is 4.02. The fourth-order valence-corrected chi connectivity index (χ4v) is 4.82. The summed E-state index contributed by atoms with van der Waals surface area (Å²) in [7, 11) is 0. The molecular weight excluding hydrogens is 396 g/mol. The second-order valence-corrected chi connectivity index (χ2v) is 8.45. The number of amides is 1. The minimum Gasteiger partial charge on any atom is -0.343 e. The van der Waals surface area contributed by atoms with Crippen molar-refractivity contribution in [3.63, 3.8) is 0 Å². The molecule has 0 bridgehead atoms. The molecule has 0 aliphatic heterocycles. The molecule has 0 radical (unpaired) electrons. The third-order valence-electron chi connectivity index (χ3n) is 5.51. The van der Waals surface area contributed by atoms with E-state index in [1.807, 2.05) is 17.5 Å². The van der Waals surface area contributed by atoms with Gasteiger partial charge in [0.15, 0.2) is 0 Å². The zero-order chi connectivity index (χ0) is 20.5. The third-order valence-corrected chi connectivity index (χ3v) is 6.45. The fraction of sp³-hybridized carbons (Fsp3) is 0.217. The average Bonchev–Trinajstić information content (AvgIpc) is 3.46. The second-order valence-electron chi connectivity index (χ2n) is 7.47. The Hall–Kier alpha value is -3.32. The molecule has 0 saturated heterocycles. The van der Waals surface area contributed by atoms with Gasteiger partial charge < -0.3 is 5.32 Å². The number of aromatic nitrogens is 3. The first-order valence-corrected chi connectivity index (χ1v) is 10.8. The monoisotopic (exact) mass is 416 g/mol. The summed E-state index contributed by atoms with van der Waals surface area (Å²) in [6.07, 6.45) is 3.38. The number of benzene rings is 2. The van der Waals surface area contributed by atoms with E-state index in [0.29, 0.717) is 10.9 Å². The maximum Gasteiger partial charge on any atom is 0.278 e. The van der Waals surface area contributed by atoms with Crippen LogP contribution in [0, 0.1) is 0 Å². The van der Waals surface area contributed by atoms with E-state index in [1.54, 1.807) is 35.6 Å². The zero-order valence-electron chi connectivity index (χ0n) is 16.2. The van der Waals surface area contributed by atoms with E-state index in [2.05, 4.69) is 33.8 Å². The van der Waals surface area contributed by atoms with Gasteiger partial charge in [0.2, 0.25) is 5.91 Å². The summed E-state index contributed by atoms with van der Waals surface area (Å²) in [4.78, 5) is 26.6. The Morgan fingerprint density at radius 1 is 1.10 bits per heavy atom. The Kier molecular flexibility index (Phi) is 4.88. The number of nitrogens with one attached hydrogen (secondary N) is 1. The molecule has 2 aromatic heterocycles. The topological polar surface area (TPSA) is 76.9 Å². The molecule has 1 aliphatic carbocycles. The highest BCUT2D eigenvalue weighted by atomic mass is 32.1. The predicted molar refractivity (Wildman–Crippen MR) is 117 cm³/mol. The van der Waals surface area contributed by atoms with Crippen molar-refractivity contribution in [3.8, 4) is 0 Å². The summed E-state index contributed by atoms with van der Waals surface area (Å²) in [6.45, 7) is -0.177. The van der Waals surface area contributed by atoms with Gasteiger partial charge in [0.1, 0.15) is 12.1 Å². The lowest BCUT2D eigenvalue weighted by molar-refractivity contribution is -0.122. The Morgan fingerprint density at radius 2 is 1.97 bits per heavy atom. The van der Waals surface area contributed by atoms with Crippen LogP contribution in [0.3, 0.4) is 0 Å². The van der Waals surface area contributed by atoms with Gasteiger partial charge in [-0.25, -0.2) is 4.68 Å². The Labute approximate surface area is 177 Å². The first kappa shape index (κ1) is 18.7. The van der Waals surface area contributed by atoms with Gasteiger partial charge in [-0.15, -0.1) is 16.4 Å². The van der Waals surface area contributed by atoms with Crippen LogP contribution in [-0.2, 0) is 24.2 Å². The minimum absolute atomic E-state index is 0.177. The molecule has 1 aliphatic rings. The van der Waals surface area contributed by atoms with Gasteiger partial charge in [-0.2, -0.15) is 0 Å². The smallest absolute Gasteiger partial charge is 0.278 e. The number of aryl methyl sites for hydroxylation is 2. The van der Waals surface area contributed by atoms with E-state index < -0.39 is 0 Å². The molecular formula is C23H20N4O2S. The van der Waals surface area contributed by atoms with Crippen LogP contribution in [-0.4, -0.2) is 20.9 Å². The van der Waals surface area contributed by atoms with E-state index in [9.17, 15) is 9.59 Å². The molecule has 0 unspecified atom stereocenters. The molecule has 7 heteroatoms. The van der Waals surface area contributed by atoms with Crippen molar-refractivity contribution in [2.75, 3.05) is 0 Å². The standard InChI is InChI=1S/C23H20N4O2S/c28-21(14-27-23(29)18-7-1-2-8-19(18)25-26-27)24-22(20-9-4-12-30-20)17-11-10-15-5-3-6-16(15)13-17/h1-2,4,7-13,22H,3,5-6,14H2,(H,24,28)/t22-/m0/s1. The molecule has 0 spiro atoms. The molecule has 6 nitrogen and oxygen atoms in total. The largest absolute Gasteiger partial charge is 0.343 e. The number of rotatable bonds is 5. The summed E-state index contributed by atoms with van der Waals surface area (Å²) in [5.74, 6) is -0.277. The SMILES string of the molecule is O=C(Cn1nnc2ccccc2c1=O)N[C@@H](c1ccc2c(c1)CCC2)c1cccs1. The van der Waals surface area contributed by atoms with Gasteiger partial charge >= 0.3 is 0 Å². The lowest BCUT2D eigenvalue weighted by Gasteiger charge is -2.19. The van der Waals surface area contributed by atoms with Gasteiger partial charge in [0, 0.05) is 4.88 Å². The number of fused-ring (bicyclic) bond motifs is 2. The molecule has 150 valence electrons. The lowest BCUT2D eigenvalue weighted by Crippen LogP contribution is -2.36. The lowest BCUT2D eigenvalue weighted by atomic mass is 10.00. The van der Waals surface area contributed by atoms with E-state index >= 15 is 0 Å². The number of thiophene rings is 1. The van der Waals surface area contributed by atoms with Crippen molar-refractivity contribution >= 4 is 28.1 Å². The van der Waals surface area contributed by atoms with Crippen LogP contribution >= 0.6 is 11.3 Å². The number of carbonyl (C=O) groups excluding carboxylic acids is 1. The Morgan fingerprint density at radius 3 is 2.83 bits per heavy atom. The van der Waals surface area contributed by atoms with Crippen LogP contribution in [0.1, 0.15) is 34.0 Å². The highest BCUT2D eigenvalue weighted by Gasteiger charge is 2.21. The van der Waals surface area contributed by atoms with Crippen molar-refractivity contribution in [2.45, 2.75) is 31.8 Å². The maximum absolute atomic E-state index is 12.9. The Bertz CT molecular complexity index is 1280. The molecule has 1 atom stereocenters. The summed E-state index contributed by atoms with van der Waals surface area (Å²) < 4.78 is 1.12. The molecule has 2 heterocycles. The number of nitrogens with zero attached hydrogens (tertiary/aromatic N) is 3. The molecule has 5 rings (SSSR count). The highest BCUT2D eigenvalue weighted by Crippen LogP contribution is 2.30. The third kappa shape index (κ3) is 3.52. The van der Waals surface area contributed by atoms with Crippen molar-refractivity contribution < 1.29 is 4.79 Å². The highest BCUT2D eigenvalue weighted by molar-refractivity contribution is 7.10. The molecule has 1 amide bonds. The average molecular weight is 417 g/mol. The van der Waals surface area contributed by atoms with Crippen LogP contribution in [0.2, 0.25) is 0 Å². The number of carbonyl (C=O) groups is 1. The second kappa shape index (κ2) is 7.84. The van der Waals surface area contributed by atoms with Crippen LogP contribution in [0.4, 0.5) is 0 Å². The molecule has 30 heavy (non-hydrogen) atoms. The van der Waals surface area contributed by atoms with Crippen molar-refractivity contribution in [1.29, 1.82) is 0 Å². The minimum atomic E-state index is -0.319. The summed E-state index contributed by atoms with van der Waals surface area (Å²) in [5, 5.41) is 13.5. The van der Waals surface area contributed by atoms with Crippen LogP contribution in [0.5, 0.6) is 0 Å². The van der Waals surface area contributed by atoms with Crippen molar-refractivity contribution in [3.05, 3.63) is 91.9 Å². The molecule has 1 N–H and O–H groups in total. The van der Waals surface area contributed by atoms with Crippen LogP contribution < -0.4 is 10.9 Å². The quantitative estimate of drug-likeness (QED) is 0.542. The first-order chi connectivity index (χ1) is 14.7. The predicted octanol–water partition coefficient (Wildman–Crippen LogP) is 3.25. The summed E-state index contributed by atoms with van der Waals surface area (Å²) >= 11 is 1.60. The number of hydrogen-bond donors (Lipinski definition) is 1. The van der Waals surface area contributed by atoms with E-state index in [1.165, 1.54) is 17.5 Å². The molecule has 0 fully saturated rings. The molecule has 0 saturated carbocycles. The first-order valence-electron chi connectivity index (χ1n) is 9.96. The summed E-state index contributed by atoms with van der Waals surface area (Å²) in [5.41, 5.74) is 4.02. The van der Waals surface area contributed by atoms with Gasteiger partial charge in [0.05, 0.1) is 11.4 Å². The van der Waals surface area contributed by atoms with Gasteiger partial charge in [-0.1, -0.05) is 41.6 Å². The van der Waals surface area contributed by atoms with E-state index in [4.69, 9.17) is 0 Å². The normalized spacial score (nSPS) is 13.9. The van der Waals surface area contributed by atoms with Gasteiger partial charge in [0.25, 0.3) is 5.56 Å². The van der Waals surface area contributed by atoms with Crippen LogP contribution in [0.25, 0.3) is 10.9 Å². The molecule has 4 aromatic rings. The van der Waals surface area contributed by atoms with Gasteiger partial charge in [-0.05, 0) is 59.5 Å². The van der Waals surface area contributed by atoms with Crippen LogP contribution in [0.15, 0.2) is 64.8 Å². The summed E-state index contributed by atoms with van der Waals surface area (Å²) in [6, 6.07) is 17.2. The van der Waals surface area contributed by atoms with E-state index in [-0.39, 0.29) is 24.1 Å². The van der Waals surface area contributed by atoms with E-state index in [0.717, 1.165) is 28.0 Å². The van der Waals surface area contributed by atoms with Crippen molar-refractivity contribution in [2.24, 2.45) is 0 Å².